The first-order valence-electron chi connectivity index (χ1n) is 12.6. The summed E-state index contributed by atoms with van der Waals surface area (Å²) in [7, 11) is 0. The van der Waals surface area contributed by atoms with E-state index in [-0.39, 0.29) is 6.10 Å². The van der Waals surface area contributed by atoms with Crippen molar-refractivity contribution in [3.05, 3.63) is 0 Å². The monoisotopic (exact) mass is 412 g/mol. The quantitative estimate of drug-likeness (QED) is 0.230. The lowest BCUT2D eigenvalue weighted by Crippen LogP contribution is -2.24. The molecule has 0 aromatic heterocycles. The lowest BCUT2D eigenvalue weighted by molar-refractivity contribution is -0.145. The van der Waals surface area contributed by atoms with Gasteiger partial charge in [-0.1, -0.05) is 92.4 Å². The first-order chi connectivity index (χ1) is 13.7. The molecule has 1 aliphatic heterocycles. The molecule has 0 spiro atoms. The second-order valence-electron chi connectivity index (χ2n) is 10.8. The predicted octanol–water partition coefficient (Wildman–Crippen LogP) is 7.62. The molecule has 3 heteroatoms. The third-order valence-electron chi connectivity index (χ3n) is 6.39. The Hall–Kier alpha value is -0.120. The fourth-order valence-corrected chi connectivity index (χ4v) is 4.28. The van der Waals surface area contributed by atoms with Crippen molar-refractivity contribution < 1.29 is 14.2 Å². The minimum atomic E-state index is -0.441. The van der Waals surface area contributed by atoms with Crippen molar-refractivity contribution in [3.63, 3.8) is 0 Å². The van der Waals surface area contributed by atoms with Gasteiger partial charge in [-0.3, -0.25) is 0 Å². The van der Waals surface area contributed by atoms with Gasteiger partial charge in [-0.05, 0) is 43.9 Å². The van der Waals surface area contributed by atoms with E-state index in [1.165, 1.54) is 57.8 Å². The molecule has 0 aliphatic carbocycles. The van der Waals surface area contributed by atoms with Gasteiger partial charge in [0.25, 0.3) is 0 Å². The summed E-state index contributed by atoms with van der Waals surface area (Å²) in [5.74, 6) is 2.96. The second kappa shape index (κ2) is 14.8. The van der Waals surface area contributed by atoms with Crippen LogP contribution in [0.3, 0.4) is 0 Å². The number of ether oxygens (including phenoxy) is 3. The first-order valence-corrected chi connectivity index (χ1v) is 12.6. The molecular formula is C26H52O3. The van der Waals surface area contributed by atoms with E-state index < -0.39 is 5.79 Å². The molecule has 0 aromatic carbocycles. The summed E-state index contributed by atoms with van der Waals surface area (Å²) in [6.07, 6.45) is 13.8. The molecule has 0 N–H and O–H groups in total. The Morgan fingerprint density at radius 2 is 1.24 bits per heavy atom. The molecule has 4 atom stereocenters. The molecule has 1 fully saturated rings. The predicted molar refractivity (Wildman–Crippen MR) is 124 cm³/mol. The topological polar surface area (TPSA) is 27.7 Å². The molecule has 1 rings (SSSR count). The van der Waals surface area contributed by atoms with E-state index in [4.69, 9.17) is 14.2 Å². The fourth-order valence-electron chi connectivity index (χ4n) is 4.28. The van der Waals surface area contributed by atoms with Crippen LogP contribution in [0.4, 0.5) is 0 Å². The van der Waals surface area contributed by atoms with Gasteiger partial charge in [0.15, 0.2) is 5.79 Å². The van der Waals surface area contributed by atoms with Gasteiger partial charge in [-0.15, -0.1) is 0 Å². The van der Waals surface area contributed by atoms with Crippen molar-refractivity contribution in [2.75, 3.05) is 19.8 Å². The van der Waals surface area contributed by atoms with Crippen molar-refractivity contribution in [1.29, 1.82) is 0 Å². The van der Waals surface area contributed by atoms with Gasteiger partial charge in [0.2, 0.25) is 0 Å². The highest BCUT2D eigenvalue weighted by atomic mass is 16.7. The summed E-state index contributed by atoms with van der Waals surface area (Å²) in [4.78, 5) is 0. The van der Waals surface area contributed by atoms with E-state index >= 15 is 0 Å². The second-order valence-corrected chi connectivity index (χ2v) is 10.8. The highest BCUT2D eigenvalue weighted by Crippen LogP contribution is 2.24. The van der Waals surface area contributed by atoms with Crippen LogP contribution in [-0.2, 0) is 14.2 Å². The SMILES string of the molecule is CC(C)CCCC(C)CCCC(C)CCCC(C)CCOCC1COC(C)(C)O1. The van der Waals surface area contributed by atoms with Crippen LogP contribution in [0.5, 0.6) is 0 Å². The maximum Gasteiger partial charge on any atom is 0.163 e. The van der Waals surface area contributed by atoms with E-state index in [1.807, 2.05) is 13.8 Å². The van der Waals surface area contributed by atoms with Crippen LogP contribution in [-0.4, -0.2) is 31.7 Å². The summed E-state index contributed by atoms with van der Waals surface area (Å²) in [5, 5.41) is 0. The molecular weight excluding hydrogens is 360 g/mol. The Morgan fingerprint density at radius 3 is 1.69 bits per heavy atom. The van der Waals surface area contributed by atoms with Gasteiger partial charge in [-0.25, -0.2) is 0 Å². The summed E-state index contributed by atoms with van der Waals surface area (Å²) >= 11 is 0. The Kier molecular flexibility index (Phi) is 13.7. The molecule has 1 aliphatic rings. The normalized spacial score (nSPS) is 22.1. The van der Waals surface area contributed by atoms with Crippen LogP contribution in [0.1, 0.15) is 113 Å². The Labute approximate surface area is 182 Å². The molecule has 174 valence electrons. The molecule has 1 heterocycles. The summed E-state index contributed by atoms with van der Waals surface area (Å²) < 4.78 is 17.2. The van der Waals surface area contributed by atoms with Gasteiger partial charge < -0.3 is 14.2 Å². The molecule has 0 saturated carbocycles. The van der Waals surface area contributed by atoms with E-state index in [0.29, 0.717) is 13.2 Å². The standard InChI is InChI=1S/C26H52O3/c1-21(2)11-8-12-22(3)13-9-14-23(4)15-10-16-24(5)17-18-27-19-25-20-28-26(6,7)29-25/h21-25H,8-20H2,1-7H3. The molecule has 3 nitrogen and oxygen atoms in total. The lowest BCUT2D eigenvalue weighted by Gasteiger charge is -2.18. The average Bonchev–Trinajstić information content (AvgIpc) is 2.97. The van der Waals surface area contributed by atoms with Crippen LogP contribution in [0.15, 0.2) is 0 Å². The first kappa shape index (κ1) is 26.9. The molecule has 0 amide bonds. The molecule has 0 bridgehead atoms. The fraction of sp³-hybridized carbons (Fsp3) is 1.00. The Balaban J connectivity index is 1.93. The van der Waals surface area contributed by atoms with E-state index in [9.17, 15) is 0 Å². The maximum absolute atomic E-state index is 5.82. The molecule has 29 heavy (non-hydrogen) atoms. The highest BCUT2D eigenvalue weighted by Gasteiger charge is 2.32. The third-order valence-corrected chi connectivity index (χ3v) is 6.39. The van der Waals surface area contributed by atoms with Gasteiger partial charge >= 0.3 is 0 Å². The summed E-state index contributed by atoms with van der Waals surface area (Å²) in [6.45, 7) is 18.0. The van der Waals surface area contributed by atoms with Crippen molar-refractivity contribution in [3.8, 4) is 0 Å². The lowest BCUT2D eigenvalue weighted by atomic mass is 9.91. The number of rotatable bonds is 17. The largest absolute Gasteiger partial charge is 0.379 e. The van der Waals surface area contributed by atoms with Crippen molar-refractivity contribution in [2.24, 2.45) is 23.7 Å². The molecule has 4 unspecified atom stereocenters. The van der Waals surface area contributed by atoms with Crippen LogP contribution < -0.4 is 0 Å². The third kappa shape index (κ3) is 14.5. The minimum absolute atomic E-state index is 0.0964. The zero-order chi connectivity index (χ0) is 21.7. The number of hydrogen-bond donors (Lipinski definition) is 0. The van der Waals surface area contributed by atoms with E-state index in [2.05, 4.69) is 34.6 Å². The van der Waals surface area contributed by atoms with Crippen LogP contribution >= 0.6 is 0 Å². The van der Waals surface area contributed by atoms with Crippen LogP contribution in [0, 0.1) is 23.7 Å². The van der Waals surface area contributed by atoms with Crippen molar-refractivity contribution in [2.45, 2.75) is 125 Å². The highest BCUT2D eigenvalue weighted by molar-refractivity contribution is 4.70. The Bertz CT molecular complexity index is 393. The van der Waals surface area contributed by atoms with Gasteiger partial charge in [0, 0.05) is 6.61 Å². The van der Waals surface area contributed by atoms with Gasteiger partial charge in [-0.2, -0.15) is 0 Å². The van der Waals surface area contributed by atoms with Gasteiger partial charge in [0.05, 0.1) is 13.2 Å². The molecule has 1 saturated heterocycles. The van der Waals surface area contributed by atoms with Crippen LogP contribution in [0.25, 0.3) is 0 Å². The van der Waals surface area contributed by atoms with Gasteiger partial charge in [0.1, 0.15) is 6.10 Å². The van der Waals surface area contributed by atoms with E-state index in [1.54, 1.807) is 0 Å². The van der Waals surface area contributed by atoms with Crippen molar-refractivity contribution in [1.82, 2.24) is 0 Å². The van der Waals surface area contributed by atoms with Crippen LogP contribution in [0.2, 0.25) is 0 Å². The Morgan fingerprint density at radius 1 is 0.759 bits per heavy atom. The molecule has 0 aromatic rings. The van der Waals surface area contributed by atoms with Crippen molar-refractivity contribution >= 4 is 0 Å². The smallest absolute Gasteiger partial charge is 0.163 e. The number of hydrogen-bond acceptors (Lipinski definition) is 3. The molecule has 0 radical (unpaired) electrons. The minimum Gasteiger partial charge on any atom is -0.379 e. The summed E-state index contributed by atoms with van der Waals surface area (Å²) in [5.41, 5.74) is 0. The zero-order valence-corrected chi connectivity index (χ0v) is 20.8. The van der Waals surface area contributed by atoms with E-state index in [0.717, 1.165) is 36.7 Å². The zero-order valence-electron chi connectivity index (χ0n) is 20.8. The average molecular weight is 413 g/mol. The summed E-state index contributed by atoms with van der Waals surface area (Å²) in [6, 6.07) is 0. The maximum atomic E-state index is 5.82.